The highest BCUT2D eigenvalue weighted by atomic mass is 32.1. The molecule has 4 atom stereocenters. The van der Waals surface area contributed by atoms with Crippen LogP contribution in [-0.2, 0) is 4.74 Å². The van der Waals surface area contributed by atoms with Crippen molar-refractivity contribution in [3.05, 3.63) is 0 Å². The molecule has 1 aliphatic heterocycles. The smallest absolute Gasteiger partial charge is 0.181 e. The maximum absolute atomic E-state index is 9.21. The van der Waals surface area contributed by atoms with Crippen LogP contribution in [0.2, 0.25) is 0 Å². The van der Waals surface area contributed by atoms with Crippen LogP contribution in [0, 0.1) is 0 Å². The van der Waals surface area contributed by atoms with E-state index >= 15 is 0 Å². The van der Waals surface area contributed by atoms with E-state index in [2.05, 4.69) is 12.6 Å². The van der Waals surface area contributed by atoms with Crippen molar-refractivity contribution >= 4 is 12.6 Å². The summed E-state index contributed by atoms with van der Waals surface area (Å²) in [6.45, 7) is 0. The number of aliphatic hydroxyl groups excluding tert-OH is 3. The minimum atomic E-state index is -1.18. The highest BCUT2D eigenvalue weighted by molar-refractivity contribution is 7.80. The van der Waals surface area contributed by atoms with E-state index in [0.717, 1.165) is 0 Å². The molecule has 11 heavy (non-hydrogen) atoms. The number of ether oxygens (including phenoxy) is 1. The number of thiol groups is 1. The Balaban J connectivity index is 2.48. The Kier molecular flexibility index (Phi) is 3.15. The molecule has 5 heteroatoms. The average Bonchev–Trinajstić information content (AvgIpc) is 1.97. The van der Waals surface area contributed by atoms with Gasteiger partial charge >= 0.3 is 0 Å². The van der Waals surface area contributed by atoms with Gasteiger partial charge in [0.25, 0.3) is 0 Å². The van der Waals surface area contributed by atoms with Crippen LogP contribution >= 0.6 is 12.6 Å². The molecule has 1 rings (SSSR count). The van der Waals surface area contributed by atoms with E-state index < -0.39 is 24.6 Å². The molecule has 0 aromatic heterocycles. The lowest BCUT2D eigenvalue weighted by atomic mass is 10.0. The van der Waals surface area contributed by atoms with E-state index in [0.29, 0.717) is 5.75 Å². The minimum Gasteiger partial charge on any atom is -0.390 e. The first-order valence-electron chi connectivity index (χ1n) is 3.45. The van der Waals surface area contributed by atoms with Gasteiger partial charge in [-0.25, -0.2) is 0 Å². The van der Waals surface area contributed by atoms with Crippen molar-refractivity contribution in [2.45, 2.75) is 31.0 Å². The van der Waals surface area contributed by atoms with Crippen LogP contribution < -0.4 is 0 Å². The lowest BCUT2D eigenvalue weighted by Gasteiger charge is -2.33. The molecular weight excluding hydrogens is 168 g/mol. The lowest BCUT2D eigenvalue weighted by molar-refractivity contribution is -0.239. The molecule has 0 spiro atoms. The lowest BCUT2D eigenvalue weighted by Crippen LogP contribution is -2.47. The van der Waals surface area contributed by atoms with Crippen molar-refractivity contribution in [1.29, 1.82) is 0 Å². The number of aliphatic hydroxyl groups is 3. The molecule has 1 saturated heterocycles. The van der Waals surface area contributed by atoms with Gasteiger partial charge in [0.15, 0.2) is 6.29 Å². The summed E-state index contributed by atoms with van der Waals surface area (Å²) in [5.41, 5.74) is 0. The predicted molar refractivity (Wildman–Crippen MR) is 41.4 cm³/mol. The Morgan fingerprint density at radius 1 is 1.27 bits per heavy atom. The van der Waals surface area contributed by atoms with Gasteiger partial charge < -0.3 is 20.1 Å². The van der Waals surface area contributed by atoms with E-state index in [4.69, 9.17) is 14.9 Å². The molecule has 0 bridgehead atoms. The van der Waals surface area contributed by atoms with Gasteiger partial charge in [0.1, 0.15) is 6.10 Å². The maximum atomic E-state index is 9.21. The molecule has 0 aliphatic carbocycles. The van der Waals surface area contributed by atoms with Crippen molar-refractivity contribution in [1.82, 2.24) is 0 Å². The zero-order valence-corrected chi connectivity index (χ0v) is 6.82. The average molecular weight is 180 g/mol. The summed E-state index contributed by atoms with van der Waals surface area (Å²) in [5, 5.41) is 27.2. The predicted octanol–water partition coefficient (Wildman–Crippen LogP) is -1.25. The van der Waals surface area contributed by atoms with Crippen molar-refractivity contribution in [3.63, 3.8) is 0 Å². The number of rotatable bonds is 1. The summed E-state index contributed by atoms with van der Waals surface area (Å²) in [4.78, 5) is 0. The normalized spacial score (nSPS) is 45.8. The Morgan fingerprint density at radius 2 is 1.91 bits per heavy atom. The van der Waals surface area contributed by atoms with Crippen LogP contribution in [0.25, 0.3) is 0 Å². The molecule has 0 saturated carbocycles. The third-order valence-electron chi connectivity index (χ3n) is 1.74. The minimum absolute atomic E-state index is 0.145. The van der Waals surface area contributed by atoms with Gasteiger partial charge in [-0.2, -0.15) is 12.6 Å². The fraction of sp³-hybridized carbons (Fsp3) is 1.00. The Hall–Kier alpha value is 0.190. The molecule has 1 aliphatic rings. The first-order valence-corrected chi connectivity index (χ1v) is 4.09. The molecule has 66 valence electrons. The molecule has 1 heterocycles. The van der Waals surface area contributed by atoms with Crippen molar-refractivity contribution in [3.8, 4) is 0 Å². The van der Waals surface area contributed by atoms with Gasteiger partial charge in [0.05, 0.1) is 12.2 Å². The molecule has 1 fully saturated rings. The van der Waals surface area contributed by atoms with Crippen molar-refractivity contribution < 1.29 is 20.1 Å². The van der Waals surface area contributed by atoms with Gasteiger partial charge in [0.2, 0.25) is 0 Å². The molecule has 4 unspecified atom stereocenters. The Bertz CT molecular complexity index is 132. The molecule has 4 nitrogen and oxygen atoms in total. The van der Waals surface area contributed by atoms with Crippen LogP contribution in [0.4, 0.5) is 0 Å². The molecule has 0 aromatic carbocycles. The molecule has 0 aromatic rings. The van der Waals surface area contributed by atoms with E-state index in [1.165, 1.54) is 0 Å². The summed E-state index contributed by atoms with van der Waals surface area (Å²) in [7, 11) is 0. The van der Waals surface area contributed by atoms with E-state index in [1.807, 2.05) is 0 Å². The van der Waals surface area contributed by atoms with Crippen molar-refractivity contribution in [2.24, 2.45) is 0 Å². The second kappa shape index (κ2) is 3.73. The van der Waals surface area contributed by atoms with Crippen LogP contribution in [0.3, 0.4) is 0 Å². The van der Waals surface area contributed by atoms with Crippen LogP contribution in [-0.4, -0.2) is 45.7 Å². The summed E-state index contributed by atoms with van der Waals surface area (Å²) in [6, 6.07) is 0. The second-order valence-corrected chi connectivity index (χ2v) is 2.98. The van der Waals surface area contributed by atoms with Crippen LogP contribution in [0.15, 0.2) is 0 Å². The summed E-state index contributed by atoms with van der Waals surface area (Å²) in [6.07, 6.45) is -3.23. The highest BCUT2D eigenvalue weighted by Gasteiger charge is 2.34. The highest BCUT2D eigenvalue weighted by Crippen LogP contribution is 2.19. The van der Waals surface area contributed by atoms with Gasteiger partial charge in [-0.3, -0.25) is 0 Å². The molecule has 3 N–H and O–H groups in total. The summed E-state index contributed by atoms with van der Waals surface area (Å²) in [5.74, 6) is 0.338. The first kappa shape index (κ1) is 9.28. The van der Waals surface area contributed by atoms with Gasteiger partial charge in [-0.15, -0.1) is 0 Å². The molecule has 0 radical (unpaired) electrons. The SMILES string of the molecule is OC1CC(O)C(CS)OC1O. The Morgan fingerprint density at radius 3 is 2.45 bits per heavy atom. The van der Waals surface area contributed by atoms with Gasteiger partial charge in [0, 0.05) is 12.2 Å². The zero-order chi connectivity index (χ0) is 8.43. The quantitative estimate of drug-likeness (QED) is 0.380. The first-order chi connectivity index (χ1) is 5.15. The summed E-state index contributed by atoms with van der Waals surface area (Å²) < 4.78 is 4.84. The Labute approximate surface area is 70.2 Å². The number of hydrogen-bond donors (Lipinski definition) is 4. The van der Waals surface area contributed by atoms with E-state index in [1.54, 1.807) is 0 Å². The second-order valence-electron chi connectivity index (χ2n) is 2.62. The third-order valence-corrected chi connectivity index (χ3v) is 2.10. The van der Waals surface area contributed by atoms with Crippen LogP contribution in [0.5, 0.6) is 0 Å². The van der Waals surface area contributed by atoms with E-state index in [9.17, 15) is 5.11 Å². The van der Waals surface area contributed by atoms with Crippen LogP contribution in [0.1, 0.15) is 6.42 Å². The van der Waals surface area contributed by atoms with Crippen molar-refractivity contribution in [2.75, 3.05) is 5.75 Å². The maximum Gasteiger partial charge on any atom is 0.181 e. The fourth-order valence-corrected chi connectivity index (χ4v) is 1.37. The van der Waals surface area contributed by atoms with E-state index in [-0.39, 0.29) is 6.42 Å². The monoisotopic (exact) mass is 180 g/mol. The topological polar surface area (TPSA) is 69.9 Å². The third kappa shape index (κ3) is 2.07. The standard InChI is InChI=1S/C6H12O4S/c7-3-1-4(8)6(9)10-5(3)2-11/h3-9,11H,1-2H2. The number of hydrogen-bond acceptors (Lipinski definition) is 5. The summed E-state index contributed by atoms with van der Waals surface area (Å²) >= 11 is 3.92. The fourth-order valence-electron chi connectivity index (χ4n) is 1.04. The molecule has 0 amide bonds. The molecular formula is C6H12O4S. The van der Waals surface area contributed by atoms with Gasteiger partial charge in [-0.1, -0.05) is 0 Å². The van der Waals surface area contributed by atoms with Gasteiger partial charge in [-0.05, 0) is 0 Å². The zero-order valence-electron chi connectivity index (χ0n) is 5.92. The largest absolute Gasteiger partial charge is 0.390 e.